The van der Waals surface area contributed by atoms with Gasteiger partial charge in [-0.1, -0.05) is 6.07 Å². The van der Waals surface area contributed by atoms with E-state index < -0.39 is 5.97 Å². The largest absolute Gasteiger partial charge is 0.493 e. The summed E-state index contributed by atoms with van der Waals surface area (Å²) in [4.78, 5) is 21.4. The zero-order valence-electron chi connectivity index (χ0n) is 7.94. The van der Waals surface area contributed by atoms with Crippen LogP contribution in [0.15, 0.2) is 18.2 Å². The van der Waals surface area contributed by atoms with Gasteiger partial charge in [0, 0.05) is 6.92 Å². The van der Waals surface area contributed by atoms with Crippen molar-refractivity contribution in [1.82, 2.24) is 0 Å². The van der Waals surface area contributed by atoms with E-state index in [2.05, 4.69) is 0 Å². The molecule has 0 aromatic heterocycles. The number of ether oxygens (including phenoxy) is 2. The molecule has 0 aliphatic heterocycles. The number of hydrogen-bond donors (Lipinski definition) is 0. The first kappa shape index (κ1) is 10.2. The molecule has 1 aromatic carbocycles. The summed E-state index contributed by atoms with van der Waals surface area (Å²) in [7, 11) is 1.44. The second-order valence-electron chi connectivity index (χ2n) is 2.59. The van der Waals surface area contributed by atoms with Gasteiger partial charge in [0.05, 0.1) is 12.7 Å². The highest BCUT2D eigenvalue weighted by Crippen LogP contribution is 2.29. The van der Waals surface area contributed by atoms with Gasteiger partial charge >= 0.3 is 5.97 Å². The van der Waals surface area contributed by atoms with Crippen molar-refractivity contribution in [3.63, 3.8) is 0 Å². The van der Waals surface area contributed by atoms with Crippen LogP contribution < -0.4 is 9.47 Å². The molecule has 0 fully saturated rings. The third-order valence-corrected chi connectivity index (χ3v) is 1.60. The Morgan fingerprint density at radius 1 is 1.43 bits per heavy atom. The van der Waals surface area contributed by atoms with E-state index in [9.17, 15) is 9.59 Å². The van der Waals surface area contributed by atoms with Crippen molar-refractivity contribution in [2.24, 2.45) is 0 Å². The Kier molecular flexibility index (Phi) is 3.23. The molecule has 74 valence electrons. The van der Waals surface area contributed by atoms with Crippen molar-refractivity contribution in [2.45, 2.75) is 6.92 Å². The highest BCUT2D eigenvalue weighted by molar-refractivity contribution is 5.83. The lowest BCUT2D eigenvalue weighted by Gasteiger charge is -2.08. The molecule has 0 aliphatic carbocycles. The Bertz CT molecular complexity index is 357. The summed E-state index contributed by atoms with van der Waals surface area (Å²) >= 11 is 0. The van der Waals surface area contributed by atoms with Crippen molar-refractivity contribution in [3.05, 3.63) is 23.8 Å². The van der Waals surface area contributed by atoms with E-state index in [1.165, 1.54) is 14.0 Å². The molecular formula is C10H10O4. The van der Waals surface area contributed by atoms with Crippen LogP contribution in [0.4, 0.5) is 0 Å². The smallest absolute Gasteiger partial charge is 0.308 e. The zero-order chi connectivity index (χ0) is 10.6. The van der Waals surface area contributed by atoms with E-state index in [-0.39, 0.29) is 5.75 Å². The normalized spacial score (nSPS) is 9.29. The number of hydrogen-bond acceptors (Lipinski definition) is 4. The quantitative estimate of drug-likeness (QED) is 0.415. The van der Waals surface area contributed by atoms with Crippen LogP contribution in [0, 0.1) is 0 Å². The molecule has 0 heterocycles. The Morgan fingerprint density at radius 2 is 2.14 bits per heavy atom. The minimum absolute atomic E-state index is 0.164. The van der Waals surface area contributed by atoms with Crippen molar-refractivity contribution >= 4 is 12.3 Å². The van der Waals surface area contributed by atoms with Crippen LogP contribution in [0.1, 0.15) is 17.3 Å². The molecule has 14 heavy (non-hydrogen) atoms. The number of para-hydroxylation sites is 1. The third kappa shape index (κ3) is 2.10. The van der Waals surface area contributed by atoms with Crippen LogP contribution >= 0.6 is 0 Å². The van der Waals surface area contributed by atoms with Gasteiger partial charge in [0.2, 0.25) is 0 Å². The minimum atomic E-state index is -0.488. The number of esters is 1. The Hall–Kier alpha value is -1.84. The molecule has 0 N–H and O–H groups in total. The maximum atomic E-state index is 10.8. The standard InChI is InChI=1S/C10H10O4/c1-7(12)14-10-8(6-11)4-3-5-9(10)13-2/h3-6H,1-2H3. The van der Waals surface area contributed by atoms with E-state index in [1.54, 1.807) is 18.2 Å². The first-order valence-corrected chi connectivity index (χ1v) is 3.99. The Morgan fingerprint density at radius 3 is 2.64 bits per heavy atom. The number of methoxy groups -OCH3 is 1. The van der Waals surface area contributed by atoms with Crippen molar-refractivity contribution < 1.29 is 19.1 Å². The zero-order valence-corrected chi connectivity index (χ0v) is 7.94. The van der Waals surface area contributed by atoms with Gasteiger partial charge in [-0.05, 0) is 12.1 Å². The molecule has 0 amide bonds. The summed E-state index contributed by atoms with van der Waals surface area (Å²) in [6, 6.07) is 4.81. The molecular weight excluding hydrogens is 184 g/mol. The lowest BCUT2D eigenvalue weighted by molar-refractivity contribution is -0.132. The van der Waals surface area contributed by atoms with Crippen LogP contribution in [-0.4, -0.2) is 19.4 Å². The first-order valence-electron chi connectivity index (χ1n) is 3.99. The SMILES string of the molecule is COc1cccc(C=O)c1OC(C)=O. The molecule has 0 radical (unpaired) electrons. The highest BCUT2D eigenvalue weighted by atomic mass is 16.6. The second-order valence-corrected chi connectivity index (χ2v) is 2.59. The van der Waals surface area contributed by atoms with Crippen molar-refractivity contribution in [2.75, 3.05) is 7.11 Å². The number of carbonyl (C=O) groups excluding carboxylic acids is 2. The minimum Gasteiger partial charge on any atom is -0.493 e. The number of benzene rings is 1. The maximum Gasteiger partial charge on any atom is 0.308 e. The van der Waals surface area contributed by atoms with Gasteiger partial charge in [-0.3, -0.25) is 9.59 Å². The van der Waals surface area contributed by atoms with Crippen molar-refractivity contribution in [1.29, 1.82) is 0 Å². The number of aldehydes is 1. The van der Waals surface area contributed by atoms with Gasteiger partial charge < -0.3 is 9.47 Å². The molecule has 1 aromatic rings. The van der Waals surface area contributed by atoms with E-state index in [0.29, 0.717) is 17.6 Å². The fourth-order valence-electron chi connectivity index (χ4n) is 1.04. The molecule has 4 heteroatoms. The summed E-state index contributed by atoms with van der Waals surface area (Å²) in [5.74, 6) is 0.0416. The van der Waals surface area contributed by atoms with Gasteiger partial charge in [-0.2, -0.15) is 0 Å². The average Bonchev–Trinajstić information content (AvgIpc) is 2.17. The summed E-state index contributed by atoms with van der Waals surface area (Å²) < 4.78 is 9.82. The van der Waals surface area contributed by atoms with Crippen molar-refractivity contribution in [3.8, 4) is 11.5 Å². The first-order chi connectivity index (χ1) is 6.69. The summed E-state index contributed by atoms with van der Waals surface area (Å²) in [6.45, 7) is 1.26. The average molecular weight is 194 g/mol. The lowest BCUT2D eigenvalue weighted by atomic mass is 10.2. The van der Waals surface area contributed by atoms with E-state index in [1.807, 2.05) is 0 Å². The van der Waals surface area contributed by atoms with E-state index in [0.717, 1.165) is 0 Å². The highest BCUT2D eigenvalue weighted by Gasteiger charge is 2.11. The molecule has 4 nitrogen and oxygen atoms in total. The molecule has 0 saturated carbocycles. The molecule has 0 unspecified atom stereocenters. The molecule has 0 saturated heterocycles. The Labute approximate surface area is 81.4 Å². The molecule has 0 atom stereocenters. The second kappa shape index (κ2) is 4.41. The number of carbonyl (C=O) groups is 2. The van der Waals surface area contributed by atoms with Crippen LogP contribution in [0.2, 0.25) is 0 Å². The van der Waals surface area contributed by atoms with Crippen LogP contribution in [0.3, 0.4) is 0 Å². The topological polar surface area (TPSA) is 52.6 Å². The molecule has 0 spiro atoms. The lowest BCUT2D eigenvalue weighted by Crippen LogP contribution is -2.05. The monoisotopic (exact) mass is 194 g/mol. The summed E-state index contributed by atoms with van der Waals surface area (Å²) in [5, 5.41) is 0. The maximum absolute atomic E-state index is 10.8. The predicted octanol–water partition coefficient (Wildman–Crippen LogP) is 1.43. The van der Waals surface area contributed by atoms with Crippen LogP contribution in [0.25, 0.3) is 0 Å². The fourth-order valence-corrected chi connectivity index (χ4v) is 1.04. The molecule has 0 aliphatic rings. The Balaban J connectivity index is 3.18. The van der Waals surface area contributed by atoms with E-state index in [4.69, 9.17) is 9.47 Å². The van der Waals surface area contributed by atoms with Gasteiger partial charge in [-0.25, -0.2) is 0 Å². The van der Waals surface area contributed by atoms with Crippen LogP contribution in [0.5, 0.6) is 11.5 Å². The van der Waals surface area contributed by atoms with Gasteiger partial charge in [0.15, 0.2) is 17.8 Å². The molecule has 1 rings (SSSR count). The molecule has 0 bridgehead atoms. The van der Waals surface area contributed by atoms with E-state index >= 15 is 0 Å². The van der Waals surface area contributed by atoms with Crippen LogP contribution in [-0.2, 0) is 4.79 Å². The predicted molar refractivity (Wildman–Crippen MR) is 49.7 cm³/mol. The number of rotatable bonds is 3. The van der Waals surface area contributed by atoms with Gasteiger partial charge in [0.25, 0.3) is 0 Å². The fraction of sp³-hybridized carbons (Fsp3) is 0.200. The third-order valence-electron chi connectivity index (χ3n) is 1.60. The summed E-state index contributed by atoms with van der Waals surface area (Å²) in [5.41, 5.74) is 0.291. The van der Waals surface area contributed by atoms with Gasteiger partial charge in [0.1, 0.15) is 0 Å². The van der Waals surface area contributed by atoms with Gasteiger partial charge in [-0.15, -0.1) is 0 Å². The summed E-state index contributed by atoms with van der Waals surface area (Å²) in [6.07, 6.45) is 0.612.